The van der Waals surface area contributed by atoms with Crippen molar-refractivity contribution >= 4 is 29.1 Å². The van der Waals surface area contributed by atoms with Gasteiger partial charge in [-0.3, -0.25) is 4.79 Å². The SMILES string of the molecule is COc1cc(CCNC(=O)CC2CCCCC2)ccc1OCc1ccc(Cl)c(Cl)c1. The van der Waals surface area contributed by atoms with Crippen LogP contribution < -0.4 is 14.8 Å². The van der Waals surface area contributed by atoms with E-state index in [1.165, 1.54) is 32.1 Å². The van der Waals surface area contributed by atoms with Gasteiger partial charge < -0.3 is 14.8 Å². The van der Waals surface area contributed by atoms with Crippen molar-refractivity contribution in [3.05, 3.63) is 57.6 Å². The number of carbonyl (C=O) groups is 1. The molecule has 0 saturated heterocycles. The van der Waals surface area contributed by atoms with E-state index in [-0.39, 0.29) is 5.91 Å². The van der Waals surface area contributed by atoms with Crippen molar-refractivity contribution in [3.63, 3.8) is 0 Å². The van der Waals surface area contributed by atoms with Crippen LogP contribution in [0.25, 0.3) is 0 Å². The molecule has 0 spiro atoms. The molecular formula is C24H29Cl2NO3. The lowest BCUT2D eigenvalue weighted by Crippen LogP contribution is -2.28. The average molecular weight is 450 g/mol. The van der Waals surface area contributed by atoms with E-state index in [0.717, 1.165) is 17.5 Å². The molecule has 0 heterocycles. The minimum absolute atomic E-state index is 0.162. The maximum atomic E-state index is 12.2. The fraction of sp³-hybridized carbons (Fsp3) is 0.458. The van der Waals surface area contributed by atoms with Crippen LogP contribution in [0.3, 0.4) is 0 Å². The molecule has 1 N–H and O–H groups in total. The molecule has 6 heteroatoms. The molecule has 1 fully saturated rings. The minimum Gasteiger partial charge on any atom is -0.493 e. The fourth-order valence-corrected chi connectivity index (χ4v) is 4.17. The summed E-state index contributed by atoms with van der Waals surface area (Å²) in [4.78, 5) is 12.2. The molecule has 2 aromatic rings. The number of methoxy groups -OCH3 is 1. The number of ether oxygens (including phenoxy) is 2. The standard InChI is InChI=1S/C24H29Cl2NO3/c1-29-23-14-18(11-12-27-24(28)15-17-5-3-2-4-6-17)8-10-22(23)30-16-19-7-9-20(25)21(26)13-19/h7-10,13-14,17H,2-6,11-12,15-16H2,1H3,(H,27,28). The normalized spacial score (nSPS) is 14.4. The number of hydrogen-bond donors (Lipinski definition) is 1. The number of amides is 1. The fourth-order valence-electron chi connectivity index (χ4n) is 3.85. The van der Waals surface area contributed by atoms with Gasteiger partial charge in [0.25, 0.3) is 0 Å². The Kier molecular flexibility index (Phi) is 8.71. The summed E-state index contributed by atoms with van der Waals surface area (Å²) in [6.45, 7) is 0.988. The van der Waals surface area contributed by atoms with Gasteiger partial charge in [-0.2, -0.15) is 0 Å². The molecule has 1 saturated carbocycles. The minimum atomic E-state index is 0.162. The molecule has 162 valence electrons. The third kappa shape index (κ3) is 6.82. The molecule has 4 nitrogen and oxygen atoms in total. The number of nitrogens with one attached hydrogen (secondary N) is 1. The van der Waals surface area contributed by atoms with Crippen LogP contribution in [0.2, 0.25) is 10.0 Å². The summed E-state index contributed by atoms with van der Waals surface area (Å²) in [5.41, 5.74) is 2.02. The van der Waals surface area contributed by atoms with Crippen molar-refractivity contribution in [2.45, 2.75) is 51.6 Å². The Bertz CT molecular complexity index is 850. The Morgan fingerprint density at radius 2 is 1.77 bits per heavy atom. The molecule has 2 aromatic carbocycles. The van der Waals surface area contributed by atoms with Crippen molar-refractivity contribution in [1.82, 2.24) is 5.32 Å². The van der Waals surface area contributed by atoms with E-state index in [0.29, 0.717) is 47.0 Å². The van der Waals surface area contributed by atoms with Gasteiger partial charge in [0.1, 0.15) is 6.61 Å². The van der Waals surface area contributed by atoms with Crippen LogP contribution in [0.1, 0.15) is 49.7 Å². The molecule has 0 atom stereocenters. The molecule has 0 bridgehead atoms. The Labute approximate surface area is 188 Å². The van der Waals surface area contributed by atoms with Crippen LogP contribution in [-0.4, -0.2) is 19.6 Å². The van der Waals surface area contributed by atoms with Crippen LogP contribution in [0, 0.1) is 5.92 Å². The molecule has 1 aliphatic carbocycles. The highest BCUT2D eigenvalue weighted by Gasteiger charge is 2.16. The summed E-state index contributed by atoms with van der Waals surface area (Å²) in [6.07, 6.45) is 7.62. The van der Waals surface area contributed by atoms with Gasteiger partial charge in [-0.15, -0.1) is 0 Å². The first kappa shape index (κ1) is 22.8. The van der Waals surface area contributed by atoms with Crippen molar-refractivity contribution in [3.8, 4) is 11.5 Å². The number of halogens is 2. The molecule has 0 aromatic heterocycles. The highest BCUT2D eigenvalue weighted by atomic mass is 35.5. The van der Waals surface area contributed by atoms with Crippen LogP contribution in [0.15, 0.2) is 36.4 Å². The molecular weight excluding hydrogens is 421 g/mol. The highest BCUT2D eigenvalue weighted by Crippen LogP contribution is 2.30. The Balaban J connectivity index is 1.48. The summed E-state index contributed by atoms with van der Waals surface area (Å²) in [5, 5.41) is 4.08. The molecule has 0 radical (unpaired) electrons. The summed E-state index contributed by atoms with van der Waals surface area (Å²) in [6, 6.07) is 11.3. The van der Waals surface area contributed by atoms with Gasteiger partial charge in [0.2, 0.25) is 5.91 Å². The smallest absolute Gasteiger partial charge is 0.220 e. The zero-order valence-electron chi connectivity index (χ0n) is 17.4. The lowest BCUT2D eigenvalue weighted by molar-refractivity contribution is -0.122. The number of hydrogen-bond acceptors (Lipinski definition) is 3. The van der Waals surface area contributed by atoms with E-state index in [1.807, 2.05) is 24.3 Å². The molecule has 0 unspecified atom stereocenters. The summed E-state index contributed by atoms with van der Waals surface area (Å²) in [5.74, 6) is 2.05. The van der Waals surface area contributed by atoms with Gasteiger partial charge in [-0.05, 0) is 60.6 Å². The van der Waals surface area contributed by atoms with Crippen LogP contribution in [0.5, 0.6) is 11.5 Å². The predicted molar refractivity (Wildman–Crippen MR) is 122 cm³/mol. The third-order valence-corrected chi connectivity index (χ3v) is 6.28. The monoisotopic (exact) mass is 449 g/mol. The van der Waals surface area contributed by atoms with Gasteiger partial charge in [0, 0.05) is 13.0 Å². The molecule has 0 aliphatic heterocycles. The molecule has 30 heavy (non-hydrogen) atoms. The van der Waals surface area contributed by atoms with E-state index < -0.39 is 0 Å². The zero-order valence-corrected chi connectivity index (χ0v) is 18.9. The lowest BCUT2D eigenvalue weighted by atomic mass is 9.87. The number of carbonyl (C=O) groups excluding carboxylic acids is 1. The second-order valence-corrected chi connectivity index (χ2v) is 8.64. The van der Waals surface area contributed by atoms with E-state index in [2.05, 4.69) is 5.32 Å². The first-order valence-corrected chi connectivity index (χ1v) is 11.3. The summed E-state index contributed by atoms with van der Waals surface area (Å²) < 4.78 is 11.4. The van der Waals surface area contributed by atoms with E-state index in [4.69, 9.17) is 32.7 Å². The summed E-state index contributed by atoms with van der Waals surface area (Å²) >= 11 is 12.0. The van der Waals surface area contributed by atoms with Gasteiger partial charge in [-0.1, -0.05) is 54.6 Å². The molecule has 1 amide bonds. The van der Waals surface area contributed by atoms with Crippen LogP contribution >= 0.6 is 23.2 Å². The second kappa shape index (κ2) is 11.5. The maximum absolute atomic E-state index is 12.2. The van der Waals surface area contributed by atoms with Gasteiger partial charge in [-0.25, -0.2) is 0 Å². The maximum Gasteiger partial charge on any atom is 0.220 e. The summed E-state index contributed by atoms with van der Waals surface area (Å²) in [7, 11) is 1.62. The largest absolute Gasteiger partial charge is 0.493 e. The van der Waals surface area contributed by atoms with Crippen LogP contribution in [-0.2, 0) is 17.8 Å². The van der Waals surface area contributed by atoms with Gasteiger partial charge in [0.15, 0.2) is 11.5 Å². The van der Waals surface area contributed by atoms with Crippen molar-refractivity contribution in [1.29, 1.82) is 0 Å². The van der Waals surface area contributed by atoms with E-state index >= 15 is 0 Å². The quantitative estimate of drug-likeness (QED) is 0.494. The van der Waals surface area contributed by atoms with Gasteiger partial charge >= 0.3 is 0 Å². The van der Waals surface area contributed by atoms with E-state index in [9.17, 15) is 4.79 Å². The van der Waals surface area contributed by atoms with Crippen molar-refractivity contribution in [2.24, 2.45) is 5.92 Å². The average Bonchev–Trinajstić information content (AvgIpc) is 2.75. The zero-order chi connectivity index (χ0) is 21.3. The highest BCUT2D eigenvalue weighted by molar-refractivity contribution is 6.42. The Morgan fingerprint density at radius 3 is 2.50 bits per heavy atom. The van der Waals surface area contributed by atoms with Crippen molar-refractivity contribution in [2.75, 3.05) is 13.7 Å². The van der Waals surface area contributed by atoms with Crippen molar-refractivity contribution < 1.29 is 14.3 Å². The molecule has 1 aliphatic rings. The Morgan fingerprint density at radius 1 is 1.00 bits per heavy atom. The number of benzene rings is 2. The van der Waals surface area contributed by atoms with E-state index in [1.54, 1.807) is 19.2 Å². The van der Waals surface area contributed by atoms with Crippen LogP contribution in [0.4, 0.5) is 0 Å². The third-order valence-electron chi connectivity index (χ3n) is 5.54. The first-order chi connectivity index (χ1) is 14.5. The van der Waals surface area contributed by atoms with Gasteiger partial charge in [0.05, 0.1) is 17.2 Å². The second-order valence-electron chi connectivity index (χ2n) is 7.83. The molecule has 3 rings (SSSR count). The predicted octanol–water partition coefficient (Wildman–Crippen LogP) is 6.21. The number of rotatable bonds is 9. The Hall–Kier alpha value is -1.91. The first-order valence-electron chi connectivity index (χ1n) is 10.6. The lowest BCUT2D eigenvalue weighted by Gasteiger charge is -2.20. The topological polar surface area (TPSA) is 47.6 Å².